The van der Waals surface area contributed by atoms with Crippen LogP contribution in [-0.4, -0.2) is 78.5 Å². The lowest BCUT2D eigenvalue weighted by Crippen LogP contribution is -2.48. The maximum absolute atomic E-state index is 13.1. The second-order valence-corrected chi connectivity index (χ2v) is 10.4. The van der Waals surface area contributed by atoms with Gasteiger partial charge in [-0.3, -0.25) is 14.4 Å². The summed E-state index contributed by atoms with van der Waals surface area (Å²) in [5, 5.41) is 4.39. The maximum Gasteiger partial charge on any atom is 0.255 e. The van der Waals surface area contributed by atoms with E-state index >= 15 is 0 Å². The smallest absolute Gasteiger partial charge is 0.255 e. The van der Waals surface area contributed by atoms with Gasteiger partial charge in [-0.25, -0.2) is 12.7 Å². The average molecular weight is 474 g/mol. The Kier molecular flexibility index (Phi) is 6.78. The SMILES string of the molecule is Cc1c(CN2CCN(C(=O)c3cc(S(=O)(=O)N(C)C)c(Cl)cc3Cl)CC2)cnn1C. The van der Waals surface area contributed by atoms with E-state index in [2.05, 4.69) is 10.00 Å². The number of hydrogen-bond donors (Lipinski definition) is 0. The third-order valence-electron chi connectivity index (χ3n) is 5.40. The highest BCUT2D eigenvalue weighted by Gasteiger charge is 2.28. The maximum atomic E-state index is 13.1. The van der Waals surface area contributed by atoms with E-state index in [9.17, 15) is 13.2 Å². The van der Waals surface area contributed by atoms with Gasteiger partial charge >= 0.3 is 0 Å². The molecule has 1 aromatic heterocycles. The van der Waals surface area contributed by atoms with E-state index in [-0.39, 0.29) is 26.4 Å². The van der Waals surface area contributed by atoms with Gasteiger partial charge in [0.15, 0.2) is 0 Å². The number of amides is 1. The predicted molar refractivity (Wildman–Crippen MR) is 116 cm³/mol. The zero-order valence-electron chi connectivity index (χ0n) is 17.4. The van der Waals surface area contributed by atoms with Gasteiger partial charge in [-0.05, 0) is 19.1 Å². The molecule has 0 N–H and O–H groups in total. The van der Waals surface area contributed by atoms with Gasteiger partial charge in [0.05, 0.1) is 21.8 Å². The molecule has 3 rings (SSSR count). The Balaban J connectivity index is 1.74. The van der Waals surface area contributed by atoms with Crippen molar-refractivity contribution in [2.24, 2.45) is 7.05 Å². The number of sulfonamides is 1. The Hall–Kier alpha value is -1.65. The van der Waals surface area contributed by atoms with E-state index in [1.807, 2.05) is 24.9 Å². The number of halogens is 2. The first-order chi connectivity index (χ1) is 14.0. The number of nitrogens with zero attached hydrogens (tertiary/aromatic N) is 5. The predicted octanol–water partition coefficient (Wildman–Crippen LogP) is 2.24. The van der Waals surface area contributed by atoms with Crippen LogP contribution in [0.4, 0.5) is 0 Å². The largest absolute Gasteiger partial charge is 0.336 e. The quantitative estimate of drug-likeness (QED) is 0.665. The molecule has 0 aliphatic carbocycles. The summed E-state index contributed by atoms with van der Waals surface area (Å²) < 4.78 is 27.9. The van der Waals surface area contributed by atoms with Crippen LogP contribution in [0.25, 0.3) is 0 Å². The normalized spacial score (nSPS) is 15.8. The number of aromatic nitrogens is 2. The molecule has 0 bridgehead atoms. The molecule has 1 fully saturated rings. The summed E-state index contributed by atoms with van der Waals surface area (Å²) in [4.78, 5) is 16.9. The van der Waals surface area contributed by atoms with Crippen LogP contribution in [0.2, 0.25) is 10.0 Å². The van der Waals surface area contributed by atoms with Crippen molar-refractivity contribution in [1.82, 2.24) is 23.9 Å². The van der Waals surface area contributed by atoms with E-state index in [4.69, 9.17) is 23.2 Å². The van der Waals surface area contributed by atoms with Crippen molar-refractivity contribution in [3.05, 3.63) is 45.2 Å². The first-order valence-electron chi connectivity index (χ1n) is 9.43. The molecule has 8 nitrogen and oxygen atoms in total. The topological polar surface area (TPSA) is 78.8 Å². The number of benzene rings is 1. The fraction of sp³-hybridized carbons (Fsp3) is 0.474. The van der Waals surface area contributed by atoms with Gasteiger partial charge in [-0.1, -0.05) is 23.2 Å². The molecule has 1 aliphatic heterocycles. The van der Waals surface area contributed by atoms with Crippen LogP contribution >= 0.6 is 23.2 Å². The van der Waals surface area contributed by atoms with E-state index in [1.54, 1.807) is 4.90 Å². The minimum Gasteiger partial charge on any atom is -0.336 e. The number of carbonyl (C=O) groups is 1. The number of carbonyl (C=O) groups excluding carboxylic acids is 1. The van der Waals surface area contributed by atoms with Gasteiger partial charge in [0.25, 0.3) is 5.91 Å². The van der Waals surface area contributed by atoms with Crippen molar-refractivity contribution in [3.8, 4) is 0 Å². The van der Waals surface area contributed by atoms with Crippen LogP contribution in [0.15, 0.2) is 23.2 Å². The molecule has 11 heteroatoms. The van der Waals surface area contributed by atoms with Crippen LogP contribution in [0, 0.1) is 6.92 Å². The summed E-state index contributed by atoms with van der Waals surface area (Å²) in [7, 11) is 0.927. The van der Waals surface area contributed by atoms with Crippen LogP contribution < -0.4 is 0 Å². The molecule has 0 spiro atoms. The summed E-state index contributed by atoms with van der Waals surface area (Å²) in [6.07, 6.45) is 1.87. The standard InChI is InChI=1S/C19H25Cl2N5O3S/c1-13-14(11-22-24(13)4)12-25-5-7-26(8-6-25)19(27)15-9-18(17(21)10-16(15)20)30(28,29)23(2)3/h9-11H,5-8,12H2,1-4H3. The molecule has 0 saturated carbocycles. The van der Waals surface area contributed by atoms with Gasteiger partial charge in [0.2, 0.25) is 10.0 Å². The fourth-order valence-corrected chi connectivity index (χ4v) is 5.03. The zero-order chi connectivity index (χ0) is 22.2. The van der Waals surface area contributed by atoms with Crippen molar-refractivity contribution in [1.29, 1.82) is 0 Å². The lowest BCUT2D eigenvalue weighted by atomic mass is 10.1. The van der Waals surface area contributed by atoms with Crippen molar-refractivity contribution >= 4 is 39.1 Å². The van der Waals surface area contributed by atoms with E-state index in [0.29, 0.717) is 26.2 Å². The number of piperazine rings is 1. The summed E-state index contributed by atoms with van der Waals surface area (Å²) >= 11 is 12.3. The van der Waals surface area contributed by atoms with E-state index in [0.717, 1.165) is 22.1 Å². The molecule has 1 aliphatic rings. The monoisotopic (exact) mass is 473 g/mol. The lowest BCUT2D eigenvalue weighted by molar-refractivity contribution is 0.0628. The fourth-order valence-electron chi connectivity index (χ4n) is 3.31. The van der Waals surface area contributed by atoms with Gasteiger partial charge in [0.1, 0.15) is 4.90 Å². The average Bonchev–Trinajstić information content (AvgIpc) is 3.00. The molecule has 164 valence electrons. The molecule has 0 unspecified atom stereocenters. The zero-order valence-corrected chi connectivity index (χ0v) is 19.7. The Labute approximate surface area is 187 Å². The highest BCUT2D eigenvalue weighted by atomic mass is 35.5. The third kappa shape index (κ3) is 4.50. The molecular weight excluding hydrogens is 449 g/mol. The van der Waals surface area contributed by atoms with Crippen molar-refractivity contribution < 1.29 is 13.2 Å². The molecule has 2 heterocycles. The number of aryl methyl sites for hydroxylation is 1. The summed E-state index contributed by atoms with van der Waals surface area (Å²) in [6.45, 7) is 5.25. The van der Waals surface area contributed by atoms with Crippen LogP contribution in [0.1, 0.15) is 21.6 Å². The third-order valence-corrected chi connectivity index (χ3v) is 7.99. The Bertz CT molecular complexity index is 1060. The van der Waals surface area contributed by atoms with Crippen molar-refractivity contribution in [3.63, 3.8) is 0 Å². The molecule has 1 aromatic carbocycles. The summed E-state index contributed by atoms with van der Waals surface area (Å²) in [5.74, 6) is -0.302. The lowest BCUT2D eigenvalue weighted by Gasteiger charge is -2.35. The Morgan fingerprint density at radius 1 is 1.13 bits per heavy atom. The van der Waals surface area contributed by atoms with Crippen LogP contribution in [-0.2, 0) is 23.6 Å². The molecule has 2 aromatic rings. The van der Waals surface area contributed by atoms with Crippen LogP contribution in [0.5, 0.6) is 0 Å². The minimum atomic E-state index is -3.80. The Morgan fingerprint density at radius 2 is 1.77 bits per heavy atom. The molecule has 30 heavy (non-hydrogen) atoms. The second kappa shape index (κ2) is 8.84. The molecule has 0 atom stereocenters. The Morgan fingerprint density at radius 3 is 2.30 bits per heavy atom. The van der Waals surface area contributed by atoms with Crippen molar-refractivity contribution in [2.45, 2.75) is 18.4 Å². The van der Waals surface area contributed by atoms with Gasteiger partial charge < -0.3 is 4.90 Å². The molecule has 1 amide bonds. The first kappa shape index (κ1) is 23.0. The van der Waals surface area contributed by atoms with Crippen LogP contribution in [0.3, 0.4) is 0 Å². The van der Waals surface area contributed by atoms with E-state index in [1.165, 1.54) is 26.2 Å². The molecular formula is C19H25Cl2N5O3S. The van der Waals surface area contributed by atoms with Crippen molar-refractivity contribution in [2.75, 3.05) is 40.3 Å². The summed E-state index contributed by atoms with van der Waals surface area (Å²) in [6, 6.07) is 2.59. The molecule has 1 saturated heterocycles. The highest BCUT2D eigenvalue weighted by Crippen LogP contribution is 2.31. The van der Waals surface area contributed by atoms with Gasteiger partial charge in [-0.15, -0.1) is 0 Å². The highest BCUT2D eigenvalue weighted by molar-refractivity contribution is 7.89. The first-order valence-corrected chi connectivity index (χ1v) is 11.6. The number of hydrogen-bond acceptors (Lipinski definition) is 5. The van der Waals surface area contributed by atoms with Gasteiger partial charge in [-0.2, -0.15) is 5.10 Å². The van der Waals surface area contributed by atoms with E-state index < -0.39 is 10.0 Å². The minimum absolute atomic E-state index is 0.0121. The second-order valence-electron chi connectivity index (χ2n) is 7.50. The number of rotatable bonds is 5. The summed E-state index contributed by atoms with van der Waals surface area (Å²) in [5.41, 5.74) is 2.42. The van der Waals surface area contributed by atoms with Gasteiger partial charge in [0, 0.05) is 65.1 Å². The molecule has 0 radical (unpaired) electrons.